The molecule has 0 saturated heterocycles. The minimum atomic E-state index is -0.498. The fourth-order valence-electron chi connectivity index (χ4n) is 0.561. The molecule has 0 fully saturated rings. The highest BCUT2D eigenvalue weighted by Crippen LogP contribution is 2.06. The first kappa shape index (κ1) is 11.1. The van der Waals surface area contributed by atoms with Gasteiger partial charge in [0.2, 0.25) is 0 Å². The van der Waals surface area contributed by atoms with E-state index in [2.05, 4.69) is 4.74 Å². The second-order valence-electron chi connectivity index (χ2n) is 3.27. The van der Waals surface area contributed by atoms with Crippen LogP contribution in [0.5, 0.6) is 0 Å². The molecule has 0 spiro atoms. The zero-order chi connectivity index (χ0) is 9.61. The number of hydrogen-bond acceptors (Lipinski definition) is 4. The van der Waals surface area contributed by atoms with Crippen molar-refractivity contribution in [2.24, 2.45) is 0 Å². The molecule has 4 heteroatoms. The Balaban J connectivity index is 3.53. The van der Waals surface area contributed by atoms with Crippen molar-refractivity contribution in [1.29, 1.82) is 0 Å². The summed E-state index contributed by atoms with van der Waals surface area (Å²) in [5.41, 5.74) is -0.498. The van der Waals surface area contributed by atoms with E-state index < -0.39 is 11.6 Å². The molecule has 0 aliphatic carbocycles. The molecule has 0 radical (unpaired) electrons. The summed E-state index contributed by atoms with van der Waals surface area (Å²) in [5, 5.41) is 0. The lowest BCUT2D eigenvalue weighted by Crippen LogP contribution is -2.26. The van der Waals surface area contributed by atoms with Crippen molar-refractivity contribution in [3.8, 4) is 0 Å². The molecule has 0 bridgehead atoms. The SMILES string of the molecule is CC(C)(C)OC(=O)COCC=O. The van der Waals surface area contributed by atoms with Gasteiger partial charge >= 0.3 is 5.97 Å². The van der Waals surface area contributed by atoms with Crippen molar-refractivity contribution in [2.75, 3.05) is 13.2 Å². The first-order chi connectivity index (χ1) is 5.45. The maximum absolute atomic E-state index is 10.9. The van der Waals surface area contributed by atoms with Gasteiger partial charge in [-0.15, -0.1) is 0 Å². The summed E-state index contributed by atoms with van der Waals surface area (Å²) < 4.78 is 9.55. The third kappa shape index (κ3) is 7.21. The molecule has 0 aromatic rings. The summed E-state index contributed by atoms with van der Waals surface area (Å²) in [6.45, 7) is 5.06. The average Bonchev–Trinajstić information content (AvgIpc) is 1.84. The van der Waals surface area contributed by atoms with E-state index in [-0.39, 0.29) is 13.2 Å². The molecule has 0 aliphatic rings. The van der Waals surface area contributed by atoms with E-state index in [0.29, 0.717) is 6.29 Å². The minimum Gasteiger partial charge on any atom is -0.458 e. The summed E-state index contributed by atoms with van der Waals surface area (Å²) in [7, 11) is 0. The lowest BCUT2D eigenvalue weighted by molar-refractivity contribution is -0.160. The van der Waals surface area contributed by atoms with Crippen LogP contribution in [0.4, 0.5) is 0 Å². The van der Waals surface area contributed by atoms with Gasteiger partial charge in [-0.25, -0.2) is 4.79 Å². The molecule has 0 N–H and O–H groups in total. The van der Waals surface area contributed by atoms with Crippen molar-refractivity contribution in [3.63, 3.8) is 0 Å². The van der Waals surface area contributed by atoms with E-state index in [0.717, 1.165) is 0 Å². The molecule has 0 rings (SSSR count). The van der Waals surface area contributed by atoms with Crippen LogP contribution in [-0.4, -0.2) is 31.1 Å². The maximum Gasteiger partial charge on any atom is 0.332 e. The Labute approximate surface area is 71.8 Å². The normalized spacial score (nSPS) is 10.9. The van der Waals surface area contributed by atoms with Crippen LogP contribution in [0.3, 0.4) is 0 Å². The zero-order valence-corrected chi connectivity index (χ0v) is 7.62. The number of ether oxygens (including phenoxy) is 2. The van der Waals surface area contributed by atoms with E-state index in [4.69, 9.17) is 4.74 Å². The molecule has 0 unspecified atom stereocenters. The van der Waals surface area contributed by atoms with Crippen LogP contribution in [0.1, 0.15) is 20.8 Å². The Kier molecular flexibility index (Phi) is 4.51. The third-order valence-corrected chi connectivity index (χ3v) is 0.826. The van der Waals surface area contributed by atoms with Crippen molar-refractivity contribution >= 4 is 12.3 Å². The molecule has 0 aromatic carbocycles. The minimum absolute atomic E-state index is 0.0702. The predicted molar refractivity (Wildman–Crippen MR) is 42.7 cm³/mol. The lowest BCUT2D eigenvalue weighted by atomic mass is 10.2. The molecular weight excluding hydrogens is 160 g/mol. The van der Waals surface area contributed by atoms with Gasteiger partial charge in [0.15, 0.2) is 0 Å². The Morgan fingerprint density at radius 3 is 2.42 bits per heavy atom. The third-order valence-electron chi connectivity index (χ3n) is 0.826. The van der Waals surface area contributed by atoms with Crippen molar-refractivity contribution in [2.45, 2.75) is 26.4 Å². The van der Waals surface area contributed by atoms with E-state index in [1.165, 1.54) is 0 Å². The van der Waals surface area contributed by atoms with Crippen LogP contribution in [0, 0.1) is 0 Å². The first-order valence-electron chi connectivity index (χ1n) is 3.69. The molecule has 0 aliphatic heterocycles. The number of hydrogen-bond donors (Lipinski definition) is 0. The summed E-state index contributed by atoms with van der Waals surface area (Å²) in [6, 6.07) is 0. The Morgan fingerprint density at radius 2 is 2.00 bits per heavy atom. The van der Waals surface area contributed by atoms with Crippen molar-refractivity contribution < 1.29 is 19.1 Å². The van der Waals surface area contributed by atoms with E-state index in [1.807, 2.05) is 0 Å². The van der Waals surface area contributed by atoms with E-state index in [1.54, 1.807) is 20.8 Å². The Morgan fingerprint density at radius 1 is 1.42 bits per heavy atom. The number of carbonyl (C=O) groups is 2. The average molecular weight is 174 g/mol. The van der Waals surface area contributed by atoms with Gasteiger partial charge in [-0.1, -0.05) is 0 Å². The second-order valence-corrected chi connectivity index (χ2v) is 3.27. The van der Waals surface area contributed by atoms with Gasteiger partial charge in [0.05, 0.1) is 0 Å². The summed E-state index contributed by atoms with van der Waals surface area (Å²) >= 11 is 0. The first-order valence-corrected chi connectivity index (χ1v) is 3.69. The Hall–Kier alpha value is -0.900. The number of carbonyl (C=O) groups excluding carboxylic acids is 2. The number of aldehydes is 1. The highest BCUT2D eigenvalue weighted by atomic mass is 16.6. The predicted octanol–water partition coefficient (Wildman–Crippen LogP) is 0.544. The zero-order valence-electron chi connectivity index (χ0n) is 7.62. The van der Waals surface area contributed by atoms with Gasteiger partial charge in [-0.2, -0.15) is 0 Å². The van der Waals surface area contributed by atoms with Crippen LogP contribution in [0.25, 0.3) is 0 Å². The van der Waals surface area contributed by atoms with Crippen LogP contribution in [0.2, 0.25) is 0 Å². The van der Waals surface area contributed by atoms with Gasteiger partial charge in [-0.3, -0.25) is 0 Å². The van der Waals surface area contributed by atoms with Gasteiger partial charge in [0, 0.05) is 0 Å². The smallest absolute Gasteiger partial charge is 0.332 e. The van der Waals surface area contributed by atoms with Crippen molar-refractivity contribution in [1.82, 2.24) is 0 Å². The van der Waals surface area contributed by atoms with Gasteiger partial charge in [0.25, 0.3) is 0 Å². The fraction of sp³-hybridized carbons (Fsp3) is 0.750. The van der Waals surface area contributed by atoms with E-state index >= 15 is 0 Å². The molecular formula is C8H14O4. The molecule has 0 atom stereocenters. The largest absolute Gasteiger partial charge is 0.458 e. The fourth-order valence-corrected chi connectivity index (χ4v) is 0.561. The lowest BCUT2D eigenvalue weighted by Gasteiger charge is -2.18. The molecule has 70 valence electrons. The molecule has 12 heavy (non-hydrogen) atoms. The summed E-state index contributed by atoms with van der Waals surface area (Å²) in [5.74, 6) is -0.454. The maximum atomic E-state index is 10.9. The number of rotatable bonds is 4. The topological polar surface area (TPSA) is 52.6 Å². The molecule has 0 heterocycles. The molecule has 0 saturated carbocycles. The quantitative estimate of drug-likeness (QED) is 0.354. The van der Waals surface area contributed by atoms with Gasteiger partial charge in [0.1, 0.15) is 25.1 Å². The molecule has 0 aromatic heterocycles. The highest BCUT2D eigenvalue weighted by Gasteiger charge is 2.15. The monoisotopic (exact) mass is 174 g/mol. The van der Waals surface area contributed by atoms with Crippen LogP contribution >= 0.6 is 0 Å². The summed E-state index contributed by atoms with van der Waals surface area (Å²) in [6.07, 6.45) is 0.588. The number of esters is 1. The van der Waals surface area contributed by atoms with Gasteiger partial charge < -0.3 is 14.3 Å². The van der Waals surface area contributed by atoms with E-state index in [9.17, 15) is 9.59 Å². The summed E-state index contributed by atoms with van der Waals surface area (Å²) in [4.78, 5) is 20.7. The molecule has 4 nitrogen and oxygen atoms in total. The van der Waals surface area contributed by atoms with Gasteiger partial charge in [-0.05, 0) is 20.8 Å². The van der Waals surface area contributed by atoms with Crippen LogP contribution in [-0.2, 0) is 19.1 Å². The molecule has 0 amide bonds. The van der Waals surface area contributed by atoms with Crippen molar-refractivity contribution in [3.05, 3.63) is 0 Å². The highest BCUT2D eigenvalue weighted by molar-refractivity contribution is 5.71. The Bertz CT molecular complexity index is 157. The second kappa shape index (κ2) is 4.87. The van der Waals surface area contributed by atoms with Crippen LogP contribution in [0.15, 0.2) is 0 Å². The standard InChI is InChI=1S/C8H14O4/c1-8(2,3)12-7(10)6-11-5-4-9/h4H,5-6H2,1-3H3. The van der Waals surface area contributed by atoms with Crippen LogP contribution < -0.4 is 0 Å².